The van der Waals surface area contributed by atoms with Crippen molar-refractivity contribution in [2.45, 2.75) is 91.0 Å². The standard InChI is InChI=1S/C50H58N9O18P3/c1-9-58-34-18-36-32(16-29(34)25(3)20-49(58,5)6)39(33-17-30-26(4)21-50(7,8)59(10-2)35(30)19-37(33)73-36)31-15-27(11-12-28(31)47(62)63)45(61)52-13-14-53-48(64)75-42-38(22-72-79(68,69)77-80(70,71)76-78(65,66)67)74-46(41(42)60)57-24-56-40-43(51)54-23-55-44(40)57/h11-12,15-21,23-24,38,41-42,46,60H,9-10,13-14,22H2,1-8H3,(H8-,51,52,53,54,55,61,62,63,64,65,66,67,68,69,70,71)/p+1/t38-,41-,42-,46-/m1/s1. The van der Waals surface area contributed by atoms with E-state index >= 15 is 0 Å². The van der Waals surface area contributed by atoms with Gasteiger partial charge in [0.1, 0.15) is 42.1 Å². The molecule has 27 nitrogen and oxygen atoms in total. The molecule has 2 amide bonds. The SMILES string of the molecule is CCN1c2cc3c(cc2C(C)=CC1(C)C)C(c1cc(C(=O)NCCNC(=O)O[C@H]2[C@@H](O)[C@H](n4cnc5c(N)ncnc54)O[C@@H]2COP(=O)(O)OP(=O)(O)OP(=O)(O)O)ccc1C(=O)O)=c1cc2c(cc1O3)=[N+](CC)C(C)(C)C=C2C. The molecule has 9 rings (SSSR count). The van der Waals surface area contributed by atoms with Gasteiger partial charge in [0.15, 0.2) is 29.3 Å². The first-order valence-electron chi connectivity index (χ1n) is 24.9. The summed E-state index contributed by atoms with van der Waals surface area (Å²) >= 11 is 0. The molecule has 3 aromatic carbocycles. The predicted molar refractivity (Wildman–Crippen MR) is 288 cm³/mol. The van der Waals surface area contributed by atoms with Crippen LogP contribution in [0.1, 0.15) is 105 Å². The van der Waals surface area contributed by atoms with E-state index in [0.717, 1.165) is 46.0 Å². The van der Waals surface area contributed by atoms with Gasteiger partial charge >= 0.3 is 35.5 Å². The van der Waals surface area contributed by atoms with Gasteiger partial charge in [0.25, 0.3) is 5.91 Å². The number of ether oxygens (including phenoxy) is 3. The molecule has 0 saturated carbocycles. The Hall–Kier alpha value is -6.70. The largest absolute Gasteiger partial charge is 0.490 e. The van der Waals surface area contributed by atoms with Gasteiger partial charge in [-0.25, -0.2) is 42.8 Å². The number of rotatable bonds is 17. The number of nitrogens with one attached hydrogen (secondary N) is 2. The zero-order chi connectivity index (χ0) is 58.2. The molecule has 1 fully saturated rings. The van der Waals surface area contributed by atoms with Crippen molar-refractivity contribution >= 4 is 80.8 Å². The molecule has 10 N–H and O–H groups in total. The van der Waals surface area contributed by atoms with Crippen molar-refractivity contribution in [2.75, 3.05) is 43.4 Å². The van der Waals surface area contributed by atoms with E-state index in [4.69, 9.17) is 34.3 Å². The first-order valence-corrected chi connectivity index (χ1v) is 29.5. The van der Waals surface area contributed by atoms with Crippen molar-refractivity contribution in [3.8, 4) is 11.5 Å². The summed E-state index contributed by atoms with van der Waals surface area (Å²) in [6, 6.07) is 12.3. The zero-order valence-electron chi connectivity index (χ0n) is 44.4. The Kier molecular flexibility index (Phi) is 15.4. The molecule has 0 radical (unpaired) electrons. The number of phosphoric ester groups is 1. The summed E-state index contributed by atoms with van der Waals surface area (Å²) in [5, 5.41) is 29.0. The smallest absolute Gasteiger partial charge is 0.478 e. The first-order chi connectivity index (χ1) is 37.4. The van der Waals surface area contributed by atoms with Crippen LogP contribution in [0.2, 0.25) is 0 Å². The van der Waals surface area contributed by atoms with Crippen molar-refractivity contribution in [3.63, 3.8) is 0 Å². The molecule has 30 heteroatoms. The summed E-state index contributed by atoms with van der Waals surface area (Å²) in [6.07, 6.45) is -1.39. The van der Waals surface area contributed by atoms with E-state index in [2.05, 4.69) is 97.4 Å². The number of aromatic nitrogens is 4. The molecule has 80 heavy (non-hydrogen) atoms. The van der Waals surface area contributed by atoms with E-state index in [1.807, 2.05) is 38.1 Å². The quantitative estimate of drug-likeness (QED) is 0.0349. The van der Waals surface area contributed by atoms with Crippen LogP contribution < -0.4 is 41.2 Å². The lowest BCUT2D eigenvalue weighted by Gasteiger charge is -2.43. The third-order valence-corrected chi connectivity index (χ3v) is 17.8. The van der Waals surface area contributed by atoms with Crippen molar-refractivity contribution in [3.05, 3.63) is 111 Å². The Labute approximate surface area is 456 Å². The number of aliphatic hydroxyl groups excluding tert-OH is 1. The van der Waals surface area contributed by atoms with Crippen molar-refractivity contribution in [1.29, 1.82) is 0 Å². The number of alkyl carbamates (subject to hydrolysis) is 1. The number of benzene rings is 3. The Morgan fingerprint density at radius 1 is 0.850 bits per heavy atom. The predicted octanol–water partition coefficient (Wildman–Crippen LogP) is 4.31. The second kappa shape index (κ2) is 21.3. The maximum Gasteiger partial charge on any atom is 0.490 e. The summed E-state index contributed by atoms with van der Waals surface area (Å²) in [7, 11) is -17.4. The van der Waals surface area contributed by atoms with E-state index in [1.54, 1.807) is 0 Å². The number of likely N-dealkylation sites (N-methyl/N-ethyl adjacent to an activating group) is 2. The highest BCUT2D eigenvalue weighted by atomic mass is 31.3. The van der Waals surface area contributed by atoms with Gasteiger partial charge in [0.05, 0.1) is 30.1 Å². The van der Waals surface area contributed by atoms with Crippen LogP contribution in [0, 0.1) is 0 Å². The normalized spacial score (nSPS) is 21.4. The van der Waals surface area contributed by atoms with E-state index in [9.17, 15) is 48.1 Å². The van der Waals surface area contributed by atoms with E-state index in [1.165, 1.54) is 22.8 Å². The van der Waals surface area contributed by atoms with Crippen LogP contribution in [0.25, 0.3) is 27.9 Å². The maximum absolute atomic E-state index is 14.1. The Balaban J connectivity index is 0.984. The van der Waals surface area contributed by atoms with Gasteiger partial charge < -0.3 is 65.3 Å². The minimum Gasteiger partial charge on any atom is -0.478 e. The fourth-order valence-corrected chi connectivity index (χ4v) is 14.0. The van der Waals surface area contributed by atoms with Crippen LogP contribution in [0.5, 0.6) is 11.5 Å². The average molecular weight is 1170 g/mol. The van der Waals surface area contributed by atoms with Crippen LogP contribution in [-0.2, 0) is 36.3 Å². The fraction of sp³-hybridized carbons (Fsp3) is 0.380. The number of allylic oxidation sites excluding steroid dienone is 2. The highest BCUT2D eigenvalue weighted by Crippen LogP contribution is 2.66. The minimum atomic E-state index is -5.93. The number of imidazole rings is 1. The molecule has 1 saturated heterocycles. The van der Waals surface area contributed by atoms with E-state index in [0.29, 0.717) is 40.9 Å². The molecule has 5 aromatic rings. The molecule has 0 aliphatic carbocycles. The Bertz CT molecular complexity index is 3760. The van der Waals surface area contributed by atoms with Crippen LogP contribution in [-0.4, -0.2) is 129 Å². The fourth-order valence-electron chi connectivity index (χ4n) is 10.9. The lowest BCUT2D eigenvalue weighted by Crippen LogP contribution is -2.49. The number of carbonyl (C=O) groups excluding carboxylic acids is 2. The Morgan fingerprint density at radius 3 is 2.25 bits per heavy atom. The van der Waals surface area contributed by atoms with Gasteiger partial charge in [-0.2, -0.15) is 8.62 Å². The summed E-state index contributed by atoms with van der Waals surface area (Å²) in [6.45, 7) is 16.5. The lowest BCUT2D eigenvalue weighted by atomic mass is 9.83. The van der Waals surface area contributed by atoms with Crippen molar-refractivity contribution in [1.82, 2.24) is 34.7 Å². The zero-order valence-corrected chi connectivity index (χ0v) is 47.1. The third-order valence-electron chi connectivity index (χ3n) is 14.0. The van der Waals surface area contributed by atoms with E-state index in [-0.39, 0.29) is 57.8 Å². The van der Waals surface area contributed by atoms with Gasteiger partial charge in [-0.05, 0) is 94.7 Å². The number of carbonyl (C=O) groups is 3. The van der Waals surface area contributed by atoms with E-state index < -0.39 is 72.6 Å². The third kappa shape index (κ3) is 11.3. The second-order valence-corrected chi connectivity index (χ2v) is 24.7. The highest BCUT2D eigenvalue weighted by Gasteiger charge is 2.50. The van der Waals surface area contributed by atoms with Gasteiger partial charge in [-0.15, -0.1) is 0 Å². The van der Waals surface area contributed by atoms with Crippen molar-refractivity contribution < 1.29 is 85.2 Å². The molecular formula is C50H59N9O18P3+. The summed E-state index contributed by atoms with van der Waals surface area (Å²) in [5.74, 6) is -0.938. The Morgan fingerprint density at radius 2 is 1.56 bits per heavy atom. The van der Waals surface area contributed by atoms with Crippen LogP contribution in [0.4, 0.5) is 16.3 Å². The number of amides is 2. The number of hydrogen-bond donors (Lipinski definition) is 9. The molecule has 4 aliphatic rings. The number of aromatic carboxylic acids is 1. The molecule has 426 valence electrons. The molecule has 6 heterocycles. The molecule has 2 aromatic heterocycles. The van der Waals surface area contributed by atoms with Crippen LogP contribution >= 0.6 is 23.5 Å². The second-order valence-electron chi connectivity index (χ2n) is 20.3. The number of aliphatic hydroxyl groups is 1. The summed E-state index contributed by atoms with van der Waals surface area (Å²) in [4.78, 5) is 92.7. The lowest BCUT2D eigenvalue weighted by molar-refractivity contribution is -0.0508. The van der Waals surface area contributed by atoms with Crippen molar-refractivity contribution in [2.24, 2.45) is 0 Å². The number of carboxylic acid groups (broad SMARTS) is 1. The number of anilines is 2. The number of phosphoric acid groups is 3. The highest BCUT2D eigenvalue weighted by molar-refractivity contribution is 7.66. The molecule has 0 spiro atoms. The molecule has 2 unspecified atom stereocenters. The molecule has 6 atom stereocenters. The number of carboxylic acids is 1. The number of hydrogen-bond acceptors (Lipinski definition) is 18. The average Bonchev–Trinajstić information content (AvgIpc) is 4.00. The summed E-state index contributed by atoms with van der Waals surface area (Å²) in [5.41, 5.74) is 11.6. The van der Waals surface area contributed by atoms with Crippen LogP contribution in [0.3, 0.4) is 0 Å². The number of nitrogen functional groups attached to an aromatic ring is 1. The van der Waals surface area contributed by atoms with Gasteiger partial charge in [0, 0.05) is 78.3 Å². The van der Waals surface area contributed by atoms with Gasteiger partial charge in [0.2, 0.25) is 5.36 Å². The summed E-state index contributed by atoms with van der Waals surface area (Å²) < 4.78 is 69.8. The van der Waals surface area contributed by atoms with Gasteiger partial charge in [-0.1, -0.05) is 6.08 Å². The monoisotopic (exact) mass is 1170 g/mol. The number of fused-ring (bicyclic) bond motifs is 5. The maximum atomic E-state index is 14.1. The number of nitrogens with two attached hydrogens (primary N) is 1. The van der Waals surface area contributed by atoms with Crippen LogP contribution in [0.15, 0.2) is 67.3 Å². The topological polar surface area (TPSA) is 379 Å². The van der Waals surface area contributed by atoms with Gasteiger partial charge in [-0.3, -0.25) is 13.9 Å². The molecule has 0 bridgehead atoms. The number of nitrogens with zero attached hydrogens (tertiary/aromatic N) is 6. The first kappa shape index (κ1) is 58.0. The molecule has 4 aliphatic heterocycles. The minimum absolute atomic E-state index is 0.0390. The molecular weight excluding hydrogens is 1110 g/mol.